The molecule has 8 nitrogen and oxygen atoms in total. The molecule has 174 valence electrons. The molecule has 1 amide bonds. The summed E-state index contributed by atoms with van der Waals surface area (Å²) in [4.78, 5) is 13.0. The van der Waals surface area contributed by atoms with Gasteiger partial charge in [0.1, 0.15) is 31.0 Å². The maximum atomic E-state index is 13.0. The van der Waals surface area contributed by atoms with Crippen LogP contribution in [0, 0.1) is 6.92 Å². The van der Waals surface area contributed by atoms with Crippen molar-refractivity contribution in [1.82, 2.24) is 5.32 Å². The Labute approximate surface area is 195 Å². The van der Waals surface area contributed by atoms with Crippen LogP contribution in [0.3, 0.4) is 0 Å². The molecule has 0 radical (unpaired) electrons. The molecule has 0 aliphatic carbocycles. The highest BCUT2D eigenvalue weighted by Gasteiger charge is 2.45. The topological polar surface area (TPSA) is 117 Å². The van der Waals surface area contributed by atoms with E-state index in [-0.39, 0.29) is 28.0 Å². The molecule has 1 aliphatic rings. The van der Waals surface area contributed by atoms with Gasteiger partial charge in [-0.2, -0.15) is 0 Å². The summed E-state index contributed by atoms with van der Waals surface area (Å²) < 4.78 is 16.4. The van der Waals surface area contributed by atoms with Gasteiger partial charge in [-0.1, -0.05) is 53.5 Å². The highest BCUT2D eigenvalue weighted by atomic mass is 35.5. The van der Waals surface area contributed by atoms with Crippen LogP contribution in [-0.4, -0.2) is 65.6 Å². The molecule has 10 heteroatoms. The lowest BCUT2D eigenvalue weighted by Crippen LogP contribution is -2.64. The van der Waals surface area contributed by atoms with E-state index >= 15 is 0 Å². The number of hydrogen-bond acceptors (Lipinski definition) is 7. The molecule has 1 fully saturated rings. The van der Waals surface area contributed by atoms with Gasteiger partial charge >= 0.3 is 0 Å². The van der Waals surface area contributed by atoms with Crippen LogP contribution in [-0.2, 0) is 16.1 Å². The van der Waals surface area contributed by atoms with E-state index in [4.69, 9.17) is 37.4 Å². The molecule has 0 bridgehead atoms. The minimum Gasteiger partial charge on any atom is -0.486 e. The third-order valence-electron chi connectivity index (χ3n) is 5.30. The van der Waals surface area contributed by atoms with Gasteiger partial charge in [-0.05, 0) is 24.1 Å². The van der Waals surface area contributed by atoms with Crippen molar-refractivity contribution in [2.24, 2.45) is 0 Å². The molecule has 1 aliphatic heterocycles. The minimum atomic E-state index is -1.44. The van der Waals surface area contributed by atoms with Crippen LogP contribution in [0.4, 0.5) is 0 Å². The van der Waals surface area contributed by atoms with Gasteiger partial charge < -0.3 is 34.8 Å². The fraction of sp³-hybridized carbons (Fsp3) is 0.409. The Hall–Kier alpha value is -1.91. The Kier molecular flexibility index (Phi) is 8.35. The lowest BCUT2D eigenvalue weighted by atomic mass is 9.96. The molecule has 5 atom stereocenters. The highest BCUT2D eigenvalue weighted by molar-refractivity contribution is 6.38. The first kappa shape index (κ1) is 24.7. The molecule has 3 rings (SSSR count). The molecular formula is C22H25Cl2NO7. The number of hydrogen-bond donors (Lipinski definition) is 4. The van der Waals surface area contributed by atoms with Gasteiger partial charge in [0.05, 0.1) is 16.7 Å². The molecule has 0 unspecified atom stereocenters. The lowest BCUT2D eigenvalue weighted by molar-refractivity contribution is -0.261. The van der Waals surface area contributed by atoms with Crippen molar-refractivity contribution in [2.75, 3.05) is 13.7 Å². The van der Waals surface area contributed by atoms with Gasteiger partial charge in [-0.15, -0.1) is 0 Å². The SMILES string of the molecule is CO[C@H]1O[C@H](CO)[C@@H](O)[C@H](O)[C@H]1NC(=O)c1cc(Cl)c(OCc2ccccc2)c(Cl)c1C. The van der Waals surface area contributed by atoms with Gasteiger partial charge in [-0.25, -0.2) is 0 Å². The zero-order valence-electron chi connectivity index (χ0n) is 17.5. The van der Waals surface area contributed by atoms with E-state index in [1.807, 2.05) is 30.3 Å². The Balaban J connectivity index is 1.79. The fourth-order valence-electron chi connectivity index (χ4n) is 3.46. The number of aliphatic hydroxyl groups excluding tert-OH is 3. The monoisotopic (exact) mass is 485 g/mol. The fourth-order valence-corrected chi connectivity index (χ4v) is 4.02. The average molecular weight is 486 g/mol. The summed E-state index contributed by atoms with van der Waals surface area (Å²) in [6.07, 6.45) is -4.99. The standard InChI is InChI=1S/C22H25Cl2NO7/c1-11-13(8-14(23)20(16(11)24)31-10-12-6-4-3-5-7-12)21(29)25-17-19(28)18(27)15(9-26)32-22(17)30-2/h3-8,15,17-19,22,26-28H,9-10H2,1-2H3,(H,25,29)/t15-,17-,18-,19-,22+/m1/s1. The Morgan fingerprint density at radius 3 is 2.50 bits per heavy atom. The maximum Gasteiger partial charge on any atom is 0.252 e. The first-order valence-corrected chi connectivity index (χ1v) is 10.7. The first-order chi connectivity index (χ1) is 15.3. The van der Waals surface area contributed by atoms with Crippen LogP contribution in [0.2, 0.25) is 10.0 Å². The number of ether oxygens (including phenoxy) is 3. The molecule has 2 aromatic carbocycles. The minimum absolute atomic E-state index is 0.144. The van der Waals surface area contributed by atoms with Crippen LogP contribution in [0.25, 0.3) is 0 Å². The van der Waals surface area contributed by atoms with Crippen molar-refractivity contribution in [1.29, 1.82) is 0 Å². The van der Waals surface area contributed by atoms with E-state index in [0.717, 1.165) is 5.56 Å². The number of aliphatic hydroxyl groups is 3. The second-order valence-electron chi connectivity index (χ2n) is 7.39. The number of carbonyl (C=O) groups is 1. The number of halogens is 2. The predicted octanol–water partition coefficient (Wildman–Crippen LogP) is 2.06. The van der Waals surface area contributed by atoms with Gasteiger partial charge in [0, 0.05) is 12.7 Å². The van der Waals surface area contributed by atoms with Crippen LogP contribution in [0.5, 0.6) is 5.75 Å². The summed E-state index contributed by atoms with van der Waals surface area (Å²) in [5.74, 6) is -0.353. The van der Waals surface area contributed by atoms with E-state index in [1.54, 1.807) is 6.92 Å². The summed E-state index contributed by atoms with van der Waals surface area (Å²) in [5, 5.41) is 32.8. The normalized spacial score (nSPS) is 25.4. The Morgan fingerprint density at radius 1 is 1.19 bits per heavy atom. The van der Waals surface area contributed by atoms with Crippen LogP contribution < -0.4 is 10.1 Å². The number of nitrogens with one attached hydrogen (secondary N) is 1. The van der Waals surface area contributed by atoms with Crippen LogP contribution >= 0.6 is 23.2 Å². The largest absolute Gasteiger partial charge is 0.486 e. The lowest BCUT2D eigenvalue weighted by Gasteiger charge is -2.41. The molecular weight excluding hydrogens is 461 g/mol. The summed E-state index contributed by atoms with van der Waals surface area (Å²) in [6.45, 7) is 1.37. The maximum absolute atomic E-state index is 13.0. The number of methoxy groups -OCH3 is 1. The van der Waals surface area contributed by atoms with Crippen molar-refractivity contribution >= 4 is 29.1 Å². The van der Waals surface area contributed by atoms with Crippen molar-refractivity contribution in [3.05, 3.63) is 63.1 Å². The number of amides is 1. The zero-order valence-corrected chi connectivity index (χ0v) is 19.0. The summed E-state index contributed by atoms with van der Waals surface area (Å²) in [6, 6.07) is 9.78. The Bertz CT molecular complexity index is 942. The molecule has 1 saturated heterocycles. The van der Waals surface area contributed by atoms with E-state index in [9.17, 15) is 20.1 Å². The van der Waals surface area contributed by atoms with Crippen LogP contribution in [0.15, 0.2) is 36.4 Å². The van der Waals surface area contributed by atoms with E-state index in [2.05, 4.69) is 5.32 Å². The molecule has 0 saturated carbocycles. The van der Waals surface area contributed by atoms with Crippen LogP contribution in [0.1, 0.15) is 21.5 Å². The molecule has 0 aromatic heterocycles. The quantitative estimate of drug-likeness (QED) is 0.474. The highest BCUT2D eigenvalue weighted by Crippen LogP contribution is 2.38. The van der Waals surface area contributed by atoms with Crippen molar-refractivity contribution < 1.29 is 34.3 Å². The Morgan fingerprint density at radius 2 is 1.88 bits per heavy atom. The van der Waals surface area contributed by atoms with Crippen molar-refractivity contribution in [3.63, 3.8) is 0 Å². The number of benzene rings is 2. The van der Waals surface area contributed by atoms with E-state index in [1.165, 1.54) is 13.2 Å². The van der Waals surface area contributed by atoms with E-state index in [0.29, 0.717) is 5.56 Å². The average Bonchev–Trinajstić information content (AvgIpc) is 2.80. The zero-order chi connectivity index (χ0) is 23.4. The predicted molar refractivity (Wildman–Crippen MR) is 118 cm³/mol. The molecule has 2 aromatic rings. The van der Waals surface area contributed by atoms with Gasteiger partial charge in [0.15, 0.2) is 12.0 Å². The smallest absolute Gasteiger partial charge is 0.252 e. The third kappa shape index (κ3) is 5.18. The molecule has 0 spiro atoms. The second-order valence-corrected chi connectivity index (χ2v) is 8.18. The summed E-state index contributed by atoms with van der Waals surface area (Å²) in [5.41, 5.74) is 1.51. The number of carbonyl (C=O) groups excluding carboxylic acids is 1. The van der Waals surface area contributed by atoms with E-state index < -0.39 is 43.2 Å². The molecule has 4 N–H and O–H groups in total. The third-order valence-corrected chi connectivity index (χ3v) is 6.04. The summed E-state index contributed by atoms with van der Waals surface area (Å²) >= 11 is 12.8. The van der Waals surface area contributed by atoms with Crippen molar-refractivity contribution in [2.45, 2.75) is 44.2 Å². The van der Waals surface area contributed by atoms with Gasteiger partial charge in [0.25, 0.3) is 5.91 Å². The van der Waals surface area contributed by atoms with Gasteiger partial charge in [0.2, 0.25) is 0 Å². The first-order valence-electron chi connectivity index (χ1n) is 9.89. The number of rotatable bonds is 7. The van der Waals surface area contributed by atoms with Crippen molar-refractivity contribution in [3.8, 4) is 5.75 Å². The van der Waals surface area contributed by atoms with Gasteiger partial charge in [-0.3, -0.25) is 4.79 Å². The summed E-state index contributed by atoms with van der Waals surface area (Å²) in [7, 11) is 1.32. The second kappa shape index (κ2) is 10.8. The molecule has 1 heterocycles. The molecule has 32 heavy (non-hydrogen) atoms.